The Kier molecular flexibility index (Phi) is 8.00. The van der Waals surface area contributed by atoms with Crippen molar-refractivity contribution in [2.75, 3.05) is 5.32 Å². The largest absolute Gasteiger partial charge is 0.351 e. The first-order valence-electron chi connectivity index (χ1n) is 11.4. The molecule has 7 heteroatoms. The van der Waals surface area contributed by atoms with Crippen molar-refractivity contribution < 1.29 is 9.59 Å². The molecule has 6 nitrogen and oxygen atoms in total. The minimum Gasteiger partial charge on any atom is -0.351 e. The van der Waals surface area contributed by atoms with Crippen molar-refractivity contribution in [3.8, 4) is 11.1 Å². The van der Waals surface area contributed by atoms with E-state index in [1.54, 1.807) is 6.20 Å². The third-order valence-electron chi connectivity index (χ3n) is 5.50. The molecule has 0 aliphatic carbocycles. The number of rotatable bonds is 9. The second-order valence-corrected chi connectivity index (χ2v) is 9.66. The minimum absolute atomic E-state index is 0.0229. The van der Waals surface area contributed by atoms with E-state index in [1.165, 1.54) is 24.2 Å². The minimum atomic E-state index is -0.254. The highest BCUT2D eigenvalue weighted by Crippen LogP contribution is 2.26. The highest BCUT2D eigenvalue weighted by Gasteiger charge is 2.15. The molecule has 1 heterocycles. The summed E-state index contributed by atoms with van der Waals surface area (Å²) in [5.41, 5.74) is 5.20. The van der Waals surface area contributed by atoms with Crippen LogP contribution in [0.3, 0.4) is 0 Å². The van der Waals surface area contributed by atoms with Gasteiger partial charge >= 0.3 is 0 Å². The first kappa shape index (κ1) is 24.3. The van der Waals surface area contributed by atoms with Crippen molar-refractivity contribution in [3.05, 3.63) is 102 Å². The predicted octanol–water partition coefficient (Wildman–Crippen LogP) is 5.35. The fraction of sp³-hybridized carbons (Fsp3) is 0.179. The number of hydrogen-bond donors (Lipinski definition) is 2. The standard InChI is InChI=1S/C28H28N4O2S/c1-20(35-26-14-12-25(13-15-26)31-21(2)33)28(34)29-18-24-6-3-4-7-27(24)23-10-8-22(9-11-23)19-32-17-5-16-30-32/h3-17,20H,18-19H2,1-2H3,(H,29,34)(H,31,33). The van der Waals surface area contributed by atoms with Gasteiger partial charge in [-0.25, -0.2) is 0 Å². The quantitative estimate of drug-likeness (QED) is 0.314. The van der Waals surface area contributed by atoms with E-state index in [9.17, 15) is 9.59 Å². The number of thioether (sulfide) groups is 1. The van der Waals surface area contributed by atoms with Crippen molar-refractivity contribution in [3.63, 3.8) is 0 Å². The SMILES string of the molecule is CC(=O)Nc1ccc(SC(C)C(=O)NCc2ccccc2-c2ccc(Cn3cccn3)cc2)cc1. The number of amides is 2. The molecule has 1 aromatic heterocycles. The first-order chi connectivity index (χ1) is 17.0. The molecule has 0 fully saturated rings. The van der Waals surface area contributed by atoms with Crippen molar-refractivity contribution >= 4 is 29.3 Å². The van der Waals surface area contributed by atoms with Crippen LogP contribution >= 0.6 is 11.8 Å². The maximum atomic E-state index is 12.8. The molecule has 0 aliphatic rings. The van der Waals surface area contributed by atoms with Crippen LogP contribution in [0.2, 0.25) is 0 Å². The lowest BCUT2D eigenvalue weighted by atomic mass is 9.98. The average molecular weight is 485 g/mol. The second kappa shape index (κ2) is 11.5. The topological polar surface area (TPSA) is 76.0 Å². The molecule has 4 aromatic rings. The number of carbonyl (C=O) groups is 2. The van der Waals surface area contributed by atoms with Gasteiger partial charge in [0.25, 0.3) is 0 Å². The van der Waals surface area contributed by atoms with Gasteiger partial charge in [0.2, 0.25) is 11.8 Å². The van der Waals surface area contributed by atoms with Crippen LogP contribution in [-0.4, -0.2) is 26.8 Å². The lowest BCUT2D eigenvalue weighted by Crippen LogP contribution is -2.30. The van der Waals surface area contributed by atoms with E-state index in [2.05, 4.69) is 46.1 Å². The summed E-state index contributed by atoms with van der Waals surface area (Å²) in [4.78, 5) is 24.9. The fourth-order valence-electron chi connectivity index (χ4n) is 3.73. The van der Waals surface area contributed by atoms with Crippen LogP contribution in [0.15, 0.2) is 96.2 Å². The van der Waals surface area contributed by atoms with Crippen LogP contribution in [0.25, 0.3) is 11.1 Å². The smallest absolute Gasteiger partial charge is 0.233 e. The van der Waals surface area contributed by atoms with E-state index in [0.717, 1.165) is 33.8 Å². The van der Waals surface area contributed by atoms with E-state index in [-0.39, 0.29) is 17.1 Å². The molecule has 0 bridgehead atoms. The molecule has 1 unspecified atom stereocenters. The monoisotopic (exact) mass is 484 g/mol. The van der Waals surface area contributed by atoms with Gasteiger partial charge in [0.05, 0.1) is 11.8 Å². The Morgan fingerprint density at radius 2 is 1.71 bits per heavy atom. The fourth-order valence-corrected chi connectivity index (χ4v) is 4.62. The molecular weight excluding hydrogens is 456 g/mol. The van der Waals surface area contributed by atoms with E-state index < -0.39 is 0 Å². The second-order valence-electron chi connectivity index (χ2n) is 8.24. The predicted molar refractivity (Wildman–Crippen MR) is 141 cm³/mol. The molecule has 178 valence electrons. The van der Waals surface area contributed by atoms with Gasteiger partial charge < -0.3 is 10.6 Å². The zero-order chi connectivity index (χ0) is 24.6. The molecule has 3 aromatic carbocycles. The van der Waals surface area contributed by atoms with Gasteiger partial charge in [0.15, 0.2) is 0 Å². The number of anilines is 1. The summed E-state index contributed by atoms with van der Waals surface area (Å²) < 4.78 is 1.90. The molecule has 0 spiro atoms. The Labute approximate surface area is 209 Å². The highest BCUT2D eigenvalue weighted by atomic mass is 32.2. The van der Waals surface area contributed by atoms with Gasteiger partial charge in [-0.1, -0.05) is 48.5 Å². The number of aromatic nitrogens is 2. The van der Waals surface area contributed by atoms with E-state index in [1.807, 2.05) is 66.3 Å². The van der Waals surface area contributed by atoms with Gasteiger partial charge in [-0.05, 0) is 59.5 Å². The van der Waals surface area contributed by atoms with Crippen LogP contribution < -0.4 is 10.6 Å². The van der Waals surface area contributed by atoms with Crippen LogP contribution in [-0.2, 0) is 22.7 Å². The van der Waals surface area contributed by atoms with Crippen molar-refractivity contribution in [1.29, 1.82) is 0 Å². The number of nitrogens with one attached hydrogen (secondary N) is 2. The molecule has 2 amide bonds. The van der Waals surface area contributed by atoms with Crippen LogP contribution in [0.5, 0.6) is 0 Å². The summed E-state index contributed by atoms with van der Waals surface area (Å²) in [6.07, 6.45) is 3.73. The molecule has 0 aliphatic heterocycles. The Balaban J connectivity index is 1.36. The molecule has 0 radical (unpaired) electrons. The van der Waals surface area contributed by atoms with Crippen molar-refractivity contribution in [2.24, 2.45) is 0 Å². The first-order valence-corrected chi connectivity index (χ1v) is 12.3. The summed E-state index contributed by atoms with van der Waals surface area (Å²) in [5, 5.41) is 9.83. The molecule has 0 saturated heterocycles. The summed E-state index contributed by atoms with van der Waals surface area (Å²) in [5.74, 6) is -0.131. The van der Waals surface area contributed by atoms with Crippen molar-refractivity contribution in [1.82, 2.24) is 15.1 Å². The molecular formula is C28H28N4O2S. The van der Waals surface area contributed by atoms with Gasteiger partial charge in [0, 0.05) is 36.4 Å². The normalized spacial score (nSPS) is 11.6. The summed E-state index contributed by atoms with van der Waals surface area (Å²) >= 11 is 1.49. The molecule has 0 saturated carbocycles. The average Bonchev–Trinajstić information content (AvgIpc) is 3.37. The van der Waals surface area contributed by atoms with Crippen LogP contribution in [0, 0.1) is 0 Å². The Bertz CT molecular complexity index is 1270. The lowest BCUT2D eigenvalue weighted by molar-refractivity contribution is -0.120. The Hall–Kier alpha value is -3.84. The van der Waals surface area contributed by atoms with E-state index in [4.69, 9.17) is 0 Å². The molecule has 4 rings (SSSR count). The Morgan fingerprint density at radius 1 is 0.971 bits per heavy atom. The lowest BCUT2D eigenvalue weighted by Gasteiger charge is -2.15. The van der Waals surface area contributed by atoms with Gasteiger partial charge in [-0.3, -0.25) is 14.3 Å². The van der Waals surface area contributed by atoms with E-state index >= 15 is 0 Å². The van der Waals surface area contributed by atoms with Gasteiger partial charge in [0.1, 0.15) is 0 Å². The van der Waals surface area contributed by atoms with E-state index in [0.29, 0.717) is 6.54 Å². The zero-order valence-corrected chi connectivity index (χ0v) is 20.6. The zero-order valence-electron chi connectivity index (χ0n) is 19.8. The summed E-state index contributed by atoms with van der Waals surface area (Å²) in [6, 6.07) is 26.0. The maximum absolute atomic E-state index is 12.8. The number of benzene rings is 3. The summed E-state index contributed by atoms with van der Waals surface area (Å²) in [7, 11) is 0. The third kappa shape index (κ3) is 6.83. The van der Waals surface area contributed by atoms with Crippen molar-refractivity contribution in [2.45, 2.75) is 37.1 Å². The third-order valence-corrected chi connectivity index (χ3v) is 6.61. The van der Waals surface area contributed by atoms with Crippen LogP contribution in [0.1, 0.15) is 25.0 Å². The number of hydrogen-bond acceptors (Lipinski definition) is 4. The molecule has 1 atom stereocenters. The Morgan fingerprint density at radius 3 is 2.40 bits per heavy atom. The maximum Gasteiger partial charge on any atom is 0.233 e. The van der Waals surface area contributed by atoms with Crippen LogP contribution in [0.4, 0.5) is 5.69 Å². The number of nitrogens with zero attached hydrogens (tertiary/aromatic N) is 2. The summed E-state index contributed by atoms with van der Waals surface area (Å²) in [6.45, 7) is 4.56. The van der Waals surface area contributed by atoms with Gasteiger partial charge in [-0.2, -0.15) is 5.10 Å². The molecule has 35 heavy (non-hydrogen) atoms. The van der Waals surface area contributed by atoms with Gasteiger partial charge in [-0.15, -0.1) is 11.8 Å². The molecule has 2 N–H and O–H groups in total. The highest BCUT2D eigenvalue weighted by molar-refractivity contribution is 8.00. The number of carbonyl (C=O) groups excluding carboxylic acids is 2.